The second-order valence-electron chi connectivity index (χ2n) is 5.89. The largest absolute Gasteiger partial charge is 1.00 e. The Balaban J connectivity index is 0.00000261. The first-order valence-corrected chi connectivity index (χ1v) is 7.93. The Morgan fingerprint density at radius 3 is 2.63 bits per heavy atom. The third-order valence-electron chi connectivity index (χ3n) is 4.16. The molecule has 0 spiro atoms. The minimum absolute atomic E-state index is 0. The number of hydrogen-bond acceptors (Lipinski definition) is 9. The molecule has 1 fully saturated rings. The molecule has 4 atom stereocenters. The van der Waals surface area contributed by atoms with Gasteiger partial charge in [0, 0.05) is 0 Å². The predicted octanol–water partition coefficient (Wildman–Crippen LogP) is -5.12. The average molecular weight is 387 g/mol. The van der Waals surface area contributed by atoms with Gasteiger partial charge in [-0.05, 0) is 29.8 Å². The summed E-state index contributed by atoms with van der Waals surface area (Å²) in [6.07, 6.45) is -1.67. The number of aliphatic hydroxyl groups is 3. The molecular formula is C16H18N3NaO7. The van der Waals surface area contributed by atoms with Gasteiger partial charge in [0.25, 0.3) is 0 Å². The maximum Gasteiger partial charge on any atom is 1.00 e. The molecule has 10 nitrogen and oxygen atoms in total. The summed E-state index contributed by atoms with van der Waals surface area (Å²) in [5, 5.41) is 47.7. The maximum atomic E-state index is 10.7. The molecule has 1 saturated heterocycles. The number of carbonyl (C=O) groups excluding carboxylic acids is 1. The summed E-state index contributed by atoms with van der Waals surface area (Å²) >= 11 is 0. The molecule has 2 aromatic rings. The van der Waals surface area contributed by atoms with Crippen molar-refractivity contribution < 1.29 is 64.3 Å². The van der Waals surface area contributed by atoms with Crippen molar-refractivity contribution in [3.63, 3.8) is 0 Å². The standard InChI is InChI=1S/C16H19N3O7.Na/c20-6-13-15(22)14(21)12(8-26-13)19-5-10(17-18-19)7-25-11-3-1-9(2-4-11)16(23)24;/h1-5,12-15,20-22H,6-8H2,(H,23,24);/q;+1/p-1/t12-,13+,14+,15-;/m0./s1. The Bertz CT molecular complexity index is 755. The van der Waals surface area contributed by atoms with E-state index in [0.717, 1.165) is 0 Å². The normalized spacial score (nSPS) is 24.9. The van der Waals surface area contributed by atoms with Crippen LogP contribution in [0.2, 0.25) is 0 Å². The topological polar surface area (TPSA) is 150 Å². The van der Waals surface area contributed by atoms with Gasteiger partial charge in [0.05, 0.1) is 25.4 Å². The van der Waals surface area contributed by atoms with Crippen LogP contribution in [0.5, 0.6) is 5.75 Å². The van der Waals surface area contributed by atoms with Gasteiger partial charge in [-0.2, -0.15) is 0 Å². The van der Waals surface area contributed by atoms with Crippen LogP contribution < -0.4 is 39.4 Å². The van der Waals surface area contributed by atoms with E-state index in [2.05, 4.69) is 10.3 Å². The molecule has 0 bridgehead atoms. The number of rotatable bonds is 6. The number of ether oxygens (including phenoxy) is 2. The van der Waals surface area contributed by atoms with Gasteiger partial charge in [-0.15, -0.1) is 5.10 Å². The van der Waals surface area contributed by atoms with E-state index in [4.69, 9.17) is 14.6 Å². The van der Waals surface area contributed by atoms with Crippen LogP contribution in [-0.4, -0.2) is 67.8 Å². The summed E-state index contributed by atoms with van der Waals surface area (Å²) in [6, 6.07) is 5.10. The zero-order valence-electron chi connectivity index (χ0n) is 14.6. The summed E-state index contributed by atoms with van der Waals surface area (Å²) in [6.45, 7) is -0.244. The van der Waals surface area contributed by atoms with Crippen LogP contribution in [0.4, 0.5) is 0 Å². The summed E-state index contributed by atoms with van der Waals surface area (Å²) in [7, 11) is 0. The summed E-state index contributed by atoms with van der Waals surface area (Å²) in [5.41, 5.74) is 0.522. The zero-order chi connectivity index (χ0) is 18.7. The molecule has 1 aliphatic rings. The van der Waals surface area contributed by atoms with Gasteiger partial charge in [-0.3, -0.25) is 0 Å². The fraction of sp³-hybridized carbons (Fsp3) is 0.438. The van der Waals surface area contributed by atoms with Gasteiger partial charge >= 0.3 is 29.6 Å². The van der Waals surface area contributed by atoms with Crippen LogP contribution >= 0.6 is 0 Å². The summed E-state index contributed by atoms with van der Waals surface area (Å²) < 4.78 is 12.2. The number of aromatic nitrogens is 3. The van der Waals surface area contributed by atoms with Crippen LogP contribution in [0.25, 0.3) is 0 Å². The number of carbonyl (C=O) groups is 1. The van der Waals surface area contributed by atoms with Crippen molar-refractivity contribution in [2.75, 3.05) is 13.2 Å². The van der Waals surface area contributed by atoms with Crippen molar-refractivity contribution in [3.8, 4) is 5.75 Å². The molecule has 27 heavy (non-hydrogen) atoms. The second kappa shape index (κ2) is 9.60. The molecule has 0 saturated carbocycles. The third kappa shape index (κ3) is 5.05. The molecule has 0 unspecified atom stereocenters. The van der Waals surface area contributed by atoms with E-state index in [0.29, 0.717) is 11.4 Å². The fourth-order valence-electron chi connectivity index (χ4n) is 2.65. The number of carboxylic acid groups (broad SMARTS) is 1. The van der Waals surface area contributed by atoms with E-state index in [1.54, 1.807) is 6.20 Å². The molecule has 3 rings (SSSR count). The van der Waals surface area contributed by atoms with Crippen LogP contribution in [-0.2, 0) is 11.3 Å². The van der Waals surface area contributed by atoms with Crippen LogP contribution in [0.3, 0.4) is 0 Å². The van der Waals surface area contributed by atoms with E-state index >= 15 is 0 Å². The molecule has 3 N–H and O–H groups in total. The monoisotopic (exact) mass is 387 g/mol. The number of nitrogens with zero attached hydrogens (tertiary/aromatic N) is 3. The first-order chi connectivity index (χ1) is 12.5. The molecule has 0 aliphatic carbocycles. The Morgan fingerprint density at radius 2 is 2.00 bits per heavy atom. The molecule has 0 radical (unpaired) electrons. The fourth-order valence-corrected chi connectivity index (χ4v) is 2.65. The number of carboxylic acids is 1. The predicted molar refractivity (Wildman–Crippen MR) is 83.0 cm³/mol. The van der Waals surface area contributed by atoms with E-state index in [-0.39, 0.29) is 48.3 Å². The number of aromatic carboxylic acids is 1. The van der Waals surface area contributed by atoms with Crippen molar-refractivity contribution in [1.82, 2.24) is 15.0 Å². The van der Waals surface area contributed by atoms with E-state index in [1.807, 2.05) is 0 Å². The van der Waals surface area contributed by atoms with Gasteiger partial charge < -0.3 is 34.7 Å². The van der Waals surface area contributed by atoms with Crippen LogP contribution in [0.1, 0.15) is 22.1 Å². The molecule has 1 aliphatic heterocycles. The summed E-state index contributed by atoms with van der Waals surface area (Å²) in [5.74, 6) is -0.815. The van der Waals surface area contributed by atoms with Crippen molar-refractivity contribution in [1.29, 1.82) is 0 Å². The van der Waals surface area contributed by atoms with Crippen molar-refractivity contribution in [3.05, 3.63) is 41.7 Å². The van der Waals surface area contributed by atoms with Gasteiger partial charge in [-0.25, -0.2) is 4.68 Å². The Morgan fingerprint density at radius 1 is 1.30 bits per heavy atom. The maximum absolute atomic E-state index is 10.7. The number of hydrogen-bond donors (Lipinski definition) is 3. The van der Waals surface area contributed by atoms with E-state index in [1.165, 1.54) is 28.9 Å². The molecule has 1 aromatic carbocycles. The van der Waals surface area contributed by atoms with Crippen molar-refractivity contribution in [2.24, 2.45) is 0 Å². The van der Waals surface area contributed by atoms with Crippen LogP contribution in [0.15, 0.2) is 30.5 Å². The van der Waals surface area contributed by atoms with E-state index < -0.39 is 36.9 Å². The van der Waals surface area contributed by atoms with Gasteiger partial charge in [0.15, 0.2) is 0 Å². The Hall–Kier alpha value is -1.53. The first-order valence-electron chi connectivity index (χ1n) is 7.93. The molecular weight excluding hydrogens is 369 g/mol. The quantitative estimate of drug-likeness (QED) is 0.414. The van der Waals surface area contributed by atoms with Crippen LogP contribution in [0, 0.1) is 0 Å². The minimum atomic E-state index is -1.27. The smallest absolute Gasteiger partial charge is 0.545 e. The molecule has 1 aromatic heterocycles. The van der Waals surface area contributed by atoms with Gasteiger partial charge in [0.1, 0.15) is 42.4 Å². The first kappa shape index (κ1) is 21.8. The minimum Gasteiger partial charge on any atom is -0.545 e. The SMILES string of the molecule is O=C([O-])c1ccc(OCc2cn([C@H]3CO[C@H](CO)[C@H](O)[C@@H]3O)nn2)cc1.[Na+]. The zero-order valence-corrected chi connectivity index (χ0v) is 16.6. The third-order valence-corrected chi connectivity index (χ3v) is 4.16. The Kier molecular flexibility index (Phi) is 7.74. The van der Waals surface area contributed by atoms with E-state index in [9.17, 15) is 20.1 Å². The molecule has 140 valence electrons. The van der Waals surface area contributed by atoms with Crippen molar-refractivity contribution >= 4 is 5.97 Å². The Labute approximate surface area is 176 Å². The molecule has 2 heterocycles. The number of benzene rings is 1. The van der Waals surface area contributed by atoms with Gasteiger partial charge in [-0.1, -0.05) is 5.21 Å². The molecule has 11 heteroatoms. The average Bonchev–Trinajstić information content (AvgIpc) is 3.11. The molecule has 0 amide bonds. The second-order valence-corrected chi connectivity index (χ2v) is 5.89. The van der Waals surface area contributed by atoms with Crippen molar-refractivity contribution in [2.45, 2.75) is 31.0 Å². The van der Waals surface area contributed by atoms with Gasteiger partial charge in [0.2, 0.25) is 0 Å². The number of aliphatic hydroxyl groups excluding tert-OH is 3. The summed E-state index contributed by atoms with van der Waals surface area (Å²) in [4.78, 5) is 10.7.